The molecule has 1 aliphatic rings. The summed E-state index contributed by atoms with van der Waals surface area (Å²) in [7, 11) is -2.61. The van der Waals surface area contributed by atoms with Crippen LogP contribution in [0.2, 0.25) is 0 Å². The molecule has 4 rings (SSSR count). The van der Waals surface area contributed by atoms with Crippen LogP contribution in [0.3, 0.4) is 0 Å². The highest BCUT2D eigenvalue weighted by atomic mass is 32.2. The number of sulfonamides is 1. The maximum absolute atomic E-state index is 13.6. The molecule has 0 unspecified atom stereocenters. The van der Waals surface area contributed by atoms with Crippen LogP contribution in [-0.4, -0.2) is 53.6 Å². The average Bonchev–Trinajstić information content (AvgIpc) is 2.89. The summed E-state index contributed by atoms with van der Waals surface area (Å²) in [6.07, 6.45) is 0. The molecule has 1 saturated heterocycles. The number of amides is 2. The molecule has 1 heterocycles. The van der Waals surface area contributed by atoms with E-state index in [2.05, 4.69) is 15.4 Å². The van der Waals surface area contributed by atoms with Crippen molar-refractivity contribution in [3.8, 4) is 5.75 Å². The number of nitrogens with zero attached hydrogens (tertiary/aromatic N) is 1. The van der Waals surface area contributed by atoms with Crippen LogP contribution in [0.4, 0.5) is 22.7 Å². The second-order valence-electron chi connectivity index (χ2n) is 8.30. The summed E-state index contributed by atoms with van der Waals surface area (Å²) < 4.78 is 40.5. The van der Waals surface area contributed by atoms with Crippen molar-refractivity contribution in [3.63, 3.8) is 0 Å². The van der Waals surface area contributed by atoms with Crippen molar-refractivity contribution in [1.82, 2.24) is 0 Å². The first-order valence-corrected chi connectivity index (χ1v) is 13.1. The van der Waals surface area contributed by atoms with E-state index in [1.54, 1.807) is 60.7 Å². The number of para-hydroxylation sites is 2. The van der Waals surface area contributed by atoms with Gasteiger partial charge in [0.05, 0.1) is 31.7 Å². The number of hydrogen-bond donors (Lipinski definition) is 3. The highest BCUT2D eigenvalue weighted by Gasteiger charge is 2.25. The number of benzene rings is 3. The maximum atomic E-state index is 13.6. The van der Waals surface area contributed by atoms with E-state index in [1.165, 1.54) is 20.1 Å². The van der Waals surface area contributed by atoms with Gasteiger partial charge in [0, 0.05) is 37.0 Å². The van der Waals surface area contributed by atoms with E-state index in [9.17, 15) is 18.0 Å². The summed E-state index contributed by atoms with van der Waals surface area (Å²) in [6, 6.07) is 17.9. The van der Waals surface area contributed by atoms with E-state index in [1.807, 2.05) is 4.90 Å². The van der Waals surface area contributed by atoms with Crippen molar-refractivity contribution >= 4 is 44.6 Å². The van der Waals surface area contributed by atoms with Gasteiger partial charge in [0.1, 0.15) is 10.6 Å². The normalized spacial score (nSPS) is 13.5. The lowest BCUT2D eigenvalue weighted by atomic mass is 10.2. The number of ether oxygens (including phenoxy) is 2. The van der Waals surface area contributed by atoms with Crippen LogP contribution >= 0.6 is 0 Å². The van der Waals surface area contributed by atoms with Crippen LogP contribution in [-0.2, 0) is 19.6 Å². The van der Waals surface area contributed by atoms with E-state index in [4.69, 9.17) is 9.47 Å². The van der Waals surface area contributed by atoms with Gasteiger partial charge in [-0.15, -0.1) is 0 Å². The molecule has 3 aromatic rings. The molecule has 37 heavy (non-hydrogen) atoms. The number of morpholine rings is 1. The fourth-order valence-electron chi connectivity index (χ4n) is 3.91. The molecule has 0 atom stereocenters. The Morgan fingerprint density at radius 1 is 0.919 bits per heavy atom. The van der Waals surface area contributed by atoms with Crippen molar-refractivity contribution in [2.24, 2.45) is 0 Å². The van der Waals surface area contributed by atoms with Gasteiger partial charge in [-0.3, -0.25) is 14.3 Å². The zero-order valence-corrected chi connectivity index (χ0v) is 21.3. The monoisotopic (exact) mass is 524 g/mol. The molecule has 0 spiro atoms. The van der Waals surface area contributed by atoms with Crippen LogP contribution in [0.15, 0.2) is 71.6 Å². The fourth-order valence-corrected chi connectivity index (χ4v) is 5.24. The van der Waals surface area contributed by atoms with Crippen LogP contribution < -0.4 is 25.0 Å². The van der Waals surface area contributed by atoms with Gasteiger partial charge in [-0.05, 0) is 54.6 Å². The zero-order valence-electron chi connectivity index (χ0n) is 20.5. The molecular weight excluding hydrogens is 496 g/mol. The van der Waals surface area contributed by atoms with Crippen molar-refractivity contribution in [2.45, 2.75) is 11.8 Å². The van der Waals surface area contributed by atoms with Gasteiger partial charge < -0.3 is 25.0 Å². The maximum Gasteiger partial charge on any atom is 0.264 e. The summed E-state index contributed by atoms with van der Waals surface area (Å²) in [6.45, 7) is 3.42. The minimum Gasteiger partial charge on any atom is -0.495 e. The molecule has 1 aliphatic heterocycles. The number of carbonyl (C=O) groups is 2. The molecule has 2 amide bonds. The van der Waals surface area contributed by atoms with E-state index >= 15 is 0 Å². The molecule has 3 aromatic carbocycles. The van der Waals surface area contributed by atoms with E-state index in [-0.39, 0.29) is 10.8 Å². The minimum atomic E-state index is -4.07. The summed E-state index contributed by atoms with van der Waals surface area (Å²) in [4.78, 5) is 26.0. The van der Waals surface area contributed by atoms with Gasteiger partial charge >= 0.3 is 0 Å². The van der Waals surface area contributed by atoms with Gasteiger partial charge in [-0.1, -0.05) is 12.1 Å². The molecule has 10 nitrogen and oxygen atoms in total. The third kappa shape index (κ3) is 6.38. The smallest absolute Gasteiger partial charge is 0.264 e. The highest BCUT2D eigenvalue weighted by Crippen LogP contribution is 2.33. The average molecular weight is 525 g/mol. The Hall–Kier alpha value is -4.09. The zero-order chi connectivity index (χ0) is 26.4. The van der Waals surface area contributed by atoms with Crippen LogP contribution in [0.5, 0.6) is 5.75 Å². The fraction of sp³-hybridized carbons (Fsp3) is 0.231. The second kappa shape index (κ2) is 11.3. The predicted octanol–water partition coefficient (Wildman–Crippen LogP) is 3.54. The molecule has 1 fully saturated rings. The summed E-state index contributed by atoms with van der Waals surface area (Å²) in [5, 5.41) is 5.40. The van der Waals surface area contributed by atoms with E-state index in [0.29, 0.717) is 60.4 Å². The molecule has 0 bridgehead atoms. The molecule has 11 heteroatoms. The van der Waals surface area contributed by atoms with Crippen molar-refractivity contribution in [2.75, 3.05) is 53.7 Å². The first kappa shape index (κ1) is 26.0. The SMILES string of the molecule is COc1ccccc1NS(=O)(=O)c1cc(NC(=O)c2ccc(NC(C)=O)cc2)ccc1N1CCOCC1. The van der Waals surface area contributed by atoms with Crippen LogP contribution in [0.25, 0.3) is 0 Å². The van der Waals surface area contributed by atoms with Crippen LogP contribution in [0, 0.1) is 0 Å². The summed E-state index contributed by atoms with van der Waals surface area (Å²) in [5.41, 5.74) is 2.03. The number of hydrogen-bond acceptors (Lipinski definition) is 7. The van der Waals surface area contributed by atoms with Gasteiger partial charge in [0.2, 0.25) is 5.91 Å². The lowest BCUT2D eigenvalue weighted by Gasteiger charge is -2.30. The van der Waals surface area contributed by atoms with Gasteiger partial charge in [-0.2, -0.15) is 0 Å². The Bertz CT molecular complexity index is 1390. The topological polar surface area (TPSA) is 126 Å². The number of carbonyl (C=O) groups excluding carboxylic acids is 2. The van der Waals surface area contributed by atoms with Gasteiger partial charge in [0.25, 0.3) is 15.9 Å². The largest absolute Gasteiger partial charge is 0.495 e. The van der Waals surface area contributed by atoms with Crippen molar-refractivity contribution < 1.29 is 27.5 Å². The summed E-state index contributed by atoms with van der Waals surface area (Å²) >= 11 is 0. The highest BCUT2D eigenvalue weighted by molar-refractivity contribution is 7.93. The number of anilines is 4. The van der Waals surface area contributed by atoms with Gasteiger partial charge in [0.15, 0.2) is 0 Å². The Morgan fingerprint density at radius 2 is 1.59 bits per heavy atom. The Balaban J connectivity index is 1.64. The molecule has 0 radical (unpaired) electrons. The molecule has 0 aromatic heterocycles. The molecule has 194 valence electrons. The Morgan fingerprint density at radius 3 is 2.27 bits per heavy atom. The lowest BCUT2D eigenvalue weighted by molar-refractivity contribution is -0.114. The standard InChI is InChI=1S/C26H28N4O6S/c1-18(31)27-20-9-7-19(8-10-20)26(32)28-21-11-12-23(30-13-15-36-16-14-30)25(17-21)37(33,34)29-22-5-3-4-6-24(22)35-2/h3-12,17,29H,13-16H2,1-2H3,(H,27,31)(H,28,32). The molecule has 0 saturated carbocycles. The predicted molar refractivity (Wildman–Crippen MR) is 142 cm³/mol. The number of rotatable bonds is 8. The van der Waals surface area contributed by atoms with Crippen LogP contribution in [0.1, 0.15) is 17.3 Å². The Labute approximate surface area is 215 Å². The van der Waals surface area contributed by atoms with E-state index in [0.717, 1.165) is 0 Å². The van der Waals surface area contributed by atoms with E-state index < -0.39 is 15.9 Å². The lowest BCUT2D eigenvalue weighted by Crippen LogP contribution is -2.37. The number of nitrogens with one attached hydrogen (secondary N) is 3. The molecule has 0 aliphatic carbocycles. The minimum absolute atomic E-state index is 0.0131. The number of methoxy groups -OCH3 is 1. The first-order chi connectivity index (χ1) is 17.8. The molecular formula is C26H28N4O6S. The molecule has 3 N–H and O–H groups in total. The third-order valence-corrected chi connectivity index (χ3v) is 7.07. The quantitative estimate of drug-likeness (QED) is 0.411. The third-order valence-electron chi connectivity index (χ3n) is 5.68. The first-order valence-electron chi connectivity index (χ1n) is 11.6. The van der Waals surface area contributed by atoms with Crippen molar-refractivity contribution in [1.29, 1.82) is 0 Å². The Kier molecular flexibility index (Phi) is 7.95. The van der Waals surface area contributed by atoms with Gasteiger partial charge in [-0.25, -0.2) is 8.42 Å². The second-order valence-corrected chi connectivity index (χ2v) is 9.95. The summed E-state index contributed by atoms with van der Waals surface area (Å²) in [5.74, 6) is -0.256. The van der Waals surface area contributed by atoms with Crippen molar-refractivity contribution in [3.05, 3.63) is 72.3 Å².